The maximum atomic E-state index is 11.0. The Labute approximate surface area is 117 Å². The van der Waals surface area contributed by atoms with E-state index in [2.05, 4.69) is 44.5 Å². The van der Waals surface area contributed by atoms with Crippen molar-refractivity contribution < 1.29 is 14.0 Å². The van der Waals surface area contributed by atoms with E-state index < -0.39 is 8.32 Å². The third kappa shape index (κ3) is 7.32. The first-order valence-corrected chi connectivity index (χ1v) is 9.53. The van der Waals surface area contributed by atoms with Crippen LogP contribution >= 0.6 is 0 Å². The summed E-state index contributed by atoms with van der Waals surface area (Å²) in [5, 5.41) is 5.60. The standard InChI is InChI=1S/C13H28N2O3Si/c1-10(16)14-8-12(9-15-11(2)17)18-19(6,7)13(3,4)5/h12H,8-9H2,1-7H3,(H,14,16)(H,15,17). The van der Waals surface area contributed by atoms with Crippen LogP contribution in [0.5, 0.6) is 0 Å². The smallest absolute Gasteiger partial charge is 0.216 e. The summed E-state index contributed by atoms with van der Waals surface area (Å²) < 4.78 is 6.21. The second kappa shape index (κ2) is 7.05. The van der Waals surface area contributed by atoms with Gasteiger partial charge in [0.15, 0.2) is 8.32 Å². The van der Waals surface area contributed by atoms with E-state index in [0.29, 0.717) is 13.1 Å². The molecular weight excluding hydrogens is 260 g/mol. The highest BCUT2D eigenvalue weighted by Gasteiger charge is 2.39. The summed E-state index contributed by atoms with van der Waals surface area (Å²) >= 11 is 0. The quantitative estimate of drug-likeness (QED) is 0.730. The second-order valence-electron chi connectivity index (χ2n) is 6.37. The van der Waals surface area contributed by atoms with Crippen LogP contribution < -0.4 is 10.6 Å². The average molecular weight is 288 g/mol. The molecule has 2 N–H and O–H groups in total. The predicted octanol–water partition coefficient (Wildman–Crippen LogP) is 1.65. The lowest BCUT2D eigenvalue weighted by molar-refractivity contribution is -0.119. The normalized spacial score (nSPS) is 12.4. The summed E-state index contributed by atoms with van der Waals surface area (Å²) in [7, 11) is -1.91. The summed E-state index contributed by atoms with van der Waals surface area (Å²) in [6.07, 6.45) is -0.186. The third-order valence-corrected chi connectivity index (χ3v) is 7.96. The van der Waals surface area contributed by atoms with Crippen LogP contribution in [0.15, 0.2) is 0 Å². The van der Waals surface area contributed by atoms with Crippen LogP contribution in [0.3, 0.4) is 0 Å². The van der Waals surface area contributed by atoms with Crippen molar-refractivity contribution in [1.82, 2.24) is 10.6 Å². The number of nitrogens with one attached hydrogen (secondary N) is 2. The highest BCUT2D eigenvalue weighted by atomic mass is 28.4. The molecule has 0 spiro atoms. The molecule has 19 heavy (non-hydrogen) atoms. The Bertz CT molecular complexity index is 306. The van der Waals surface area contributed by atoms with Crippen LogP contribution in [0.25, 0.3) is 0 Å². The molecule has 0 saturated heterocycles. The summed E-state index contributed by atoms with van der Waals surface area (Å²) in [5.41, 5.74) is 0. The van der Waals surface area contributed by atoms with E-state index in [4.69, 9.17) is 4.43 Å². The highest BCUT2D eigenvalue weighted by Crippen LogP contribution is 2.37. The molecule has 5 nitrogen and oxygen atoms in total. The number of carbonyl (C=O) groups excluding carboxylic acids is 2. The summed E-state index contributed by atoms with van der Waals surface area (Å²) in [6.45, 7) is 14.6. The molecule has 0 radical (unpaired) electrons. The van der Waals surface area contributed by atoms with E-state index in [1.807, 2.05) is 0 Å². The molecule has 0 bridgehead atoms. The molecular formula is C13H28N2O3Si. The van der Waals surface area contributed by atoms with Crippen molar-refractivity contribution in [3.8, 4) is 0 Å². The molecule has 0 rings (SSSR count). The van der Waals surface area contributed by atoms with E-state index in [1.165, 1.54) is 13.8 Å². The fourth-order valence-electron chi connectivity index (χ4n) is 1.26. The summed E-state index contributed by atoms with van der Waals surface area (Å²) in [5.74, 6) is -0.182. The molecule has 0 aromatic rings. The zero-order valence-electron chi connectivity index (χ0n) is 13.2. The number of carbonyl (C=O) groups is 2. The second-order valence-corrected chi connectivity index (χ2v) is 11.1. The van der Waals surface area contributed by atoms with Gasteiger partial charge in [-0.2, -0.15) is 0 Å². The number of hydrogen-bond donors (Lipinski definition) is 2. The number of hydrogen-bond acceptors (Lipinski definition) is 3. The van der Waals surface area contributed by atoms with Crippen LogP contribution in [0, 0.1) is 0 Å². The Kier molecular flexibility index (Phi) is 6.72. The van der Waals surface area contributed by atoms with Crippen molar-refractivity contribution in [3.05, 3.63) is 0 Å². The molecule has 0 aromatic carbocycles. The van der Waals surface area contributed by atoms with Gasteiger partial charge in [0.05, 0.1) is 6.10 Å². The zero-order chi connectivity index (χ0) is 15.3. The Morgan fingerprint density at radius 3 is 1.68 bits per heavy atom. The Morgan fingerprint density at radius 2 is 1.42 bits per heavy atom. The van der Waals surface area contributed by atoms with Crippen molar-refractivity contribution in [3.63, 3.8) is 0 Å². The molecule has 0 unspecified atom stereocenters. The summed E-state index contributed by atoms with van der Waals surface area (Å²) in [4.78, 5) is 22.0. The van der Waals surface area contributed by atoms with E-state index in [0.717, 1.165) is 0 Å². The van der Waals surface area contributed by atoms with E-state index >= 15 is 0 Å². The minimum Gasteiger partial charge on any atom is -0.410 e. The molecule has 112 valence electrons. The van der Waals surface area contributed by atoms with Crippen molar-refractivity contribution in [1.29, 1.82) is 0 Å². The van der Waals surface area contributed by atoms with Gasteiger partial charge in [0.1, 0.15) is 0 Å². The molecule has 6 heteroatoms. The highest BCUT2D eigenvalue weighted by molar-refractivity contribution is 6.74. The van der Waals surface area contributed by atoms with Gasteiger partial charge in [-0.25, -0.2) is 0 Å². The van der Waals surface area contributed by atoms with Crippen molar-refractivity contribution in [2.45, 2.75) is 58.9 Å². The molecule has 0 saturated carbocycles. The van der Waals surface area contributed by atoms with Gasteiger partial charge in [0.2, 0.25) is 11.8 Å². The molecule has 0 aliphatic heterocycles. The molecule has 0 fully saturated rings. The van der Waals surface area contributed by atoms with Gasteiger partial charge in [0, 0.05) is 26.9 Å². The summed E-state index contributed by atoms with van der Waals surface area (Å²) in [6, 6.07) is 0. The molecule has 0 aliphatic rings. The van der Waals surface area contributed by atoms with Gasteiger partial charge < -0.3 is 15.1 Å². The van der Waals surface area contributed by atoms with Gasteiger partial charge >= 0.3 is 0 Å². The van der Waals surface area contributed by atoms with Crippen LogP contribution in [-0.4, -0.2) is 39.3 Å². The van der Waals surface area contributed by atoms with Gasteiger partial charge in [-0.1, -0.05) is 20.8 Å². The van der Waals surface area contributed by atoms with Crippen LogP contribution in [0.1, 0.15) is 34.6 Å². The SMILES string of the molecule is CC(=O)NCC(CNC(C)=O)O[Si](C)(C)C(C)(C)C. The zero-order valence-corrected chi connectivity index (χ0v) is 14.2. The van der Waals surface area contributed by atoms with E-state index in [-0.39, 0.29) is 23.0 Å². The maximum absolute atomic E-state index is 11.0. The fraction of sp³-hybridized carbons (Fsp3) is 0.846. The topological polar surface area (TPSA) is 67.4 Å². The lowest BCUT2D eigenvalue weighted by Crippen LogP contribution is -2.50. The molecule has 0 atom stereocenters. The van der Waals surface area contributed by atoms with Crippen LogP contribution in [-0.2, 0) is 14.0 Å². The van der Waals surface area contributed by atoms with Crippen LogP contribution in [0.4, 0.5) is 0 Å². The minimum absolute atomic E-state index is 0.0911. The predicted molar refractivity (Wildman–Crippen MR) is 79.4 cm³/mol. The van der Waals surface area contributed by atoms with Crippen molar-refractivity contribution >= 4 is 20.1 Å². The van der Waals surface area contributed by atoms with E-state index in [9.17, 15) is 9.59 Å². The van der Waals surface area contributed by atoms with Crippen LogP contribution in [0.2, 0.25) is 18.1 Å². The Balaban J connectivity index is 4.64. The number of amides is 2. The minimum atomic E-state index is -1.91. The van der Waals surface area contributed by atoms with Crippen molar-refractivity contribution in [2.75, 3.05) is 13.1 Å². The Hall–Kier alpha value is -0.883. The number of rotatable bonds is 6. The van der Waals surface area contributed by atoms with Gasteiger partial charge in [-0.15, -0.1) is 0 Å². The monoisotopic (exact) mass is 288 g/mol. The lowest BCUT2D eigenvalue weighted by atomic mass is 10.2. The first-order chi connectivity index (χ1) is 8.45. The molecule has 0 aliphatic carbocycles. The largest absolute Gasteiger partial charge is 0.410 e. The van der Waals surface area contributed by atoms with Gasteiger partial charge in [-0.3, -0.25) is 9.59 Å². The molecule has 2 amide bonds. The molecule has 0 aromatic heterocycles. The van der Waals surface area contributed by atoms with Gasteiger partial charge in [0.25, 0.3) is 0 Å². The third-order valence-electron chi connectivity index (χ3n) is 3.42. The fourth-order valence-corrected chi connectivity index (χ4v) is 2.62. The van der Waals surface area contributed by atoms with Gasteiger partial charge in [-0.05, 0) is 18.1 Å². The lowest BCUT2D eigenvalue weighted by Gasteiger charge is -2.39. The first-order valence-electron chi connectivity index (χ1n) is 6.62. The van der Waals surface area contributed by atoms with Crippen molar-refractivity contribution in [2.24, 2.45) is 0 Å². The molecule has 0 heterocycles. The first kappa shape index (κ1) is 18.1. The maximum Gasteiger partial charge on any atom is 0.216 e. The average Bonchev–Trinajstić information content (AvgIpc) is 2.19. The van der Waals surface area contributed by atoms with E-state index in [1.54, 1.807) is 0 Å². The Morgan fingerprint density at radius 1 is 1.05 bits per heavy atom.